The van der Waals surface area contributed by atoms with E-state index in [0.717, 1.165) is 16.7 Å². The largest absolute Gasteiger partial charge is 0.484 e. The predicted molar refractivity (Wildman–Crippen MR) is 115 cm³/mol. The SMILES string of the molecule is O=C(COc1ccc(-c2ccccc2)cc1)NC(Cn1nccn1)c1ccccc1. The van der Waals surface area contributed by atoms with Crippen molar-refractivity contribution < 1.29 is 9.53 Å². The van der Waals surface area contributed by atoms with Gasteiger partial charge in [-0.2, -0.15) is 15.0 Å². The van der Waals surface area contributed by atoms with Gasteiger partial charge in [0.25, 0.3) is 5.91 Å². The van der Waals surface area contributed by atoms with Crippen LogP contribution in [-0.4, -0.2) is 27.5 Å². The van der Waals surface area contributed by atoms with Crippen LogP contribution in [0.5, 0.6) is 5.75 Å². The molecule has 6 nitrogen and oxygen atoms in total. The molecule has 0 aliphatic carbocycles. The van der Waals surface area contributed by atoms with E-state index in [1.54, 1.807) is 17.2 Å². The number of nitrogens with zero attached hydrogens (tertiary/aromatic N) is 3. The van der Waals surface area contributed by atoms with E-state index in [1.165, 1.54) is 0 Å². The lowest BCUT2D eigenvalue weighted by Crippen LogP contribution is -2.35. The Morgan fingerprint density at radius 1 is 0.833 bits per heavy atom. The Balaban J connectivity index is 1.36. The Kier molecular flexibility index (Phi) is 6.15. The van der Waals surface area contributed by atoms with Crippen molar-refractivity contribution >= 4 is 5.91 Å². The highest BCUT2D eigenvalue weighted by Gasteiger charge is 2.16. The maximum absolute atomic E-state index is 12.5. The maximum Gasteiger partial charge on any atom is 0.258 e. The van der Waals surface area contributed by atoms with Crippen LogP contribution in [0.4, 0.5) is 0 Å². The second-order valence-corrected chi connectivity index (χ2v) is 6.79. The third kappa shape index (κ3) is 5.11. The fourth-order valence-electron chi connectivity index (χ4n) is 3.18. The van der Waals surface area contributed by atoms with E-state index in [9.17, 15) is 4.79 Å². The van der Waals surface area contributed by atoms with Crippen molar-refractivity contribution in [1.29, 1.82) is 0 Å². The lowest BCUT2D eigenvalue weighted by molar-refractivity contribution is -0.124. The molecule has 1 N–H and O–H groups in total. The van der Waals surface area contributed by atoms with Gasteiger partial charge in [-0.25, -0.2) is 0 Å². The number of rotatable bonds is 8. The van der Waals surface area contributed by atoms with Crippen LogP contribution in [0.3, 0.4) is 0 Å². The topological polar surface area (TPSA) is 69.0 Å². The van der Waals surface area contributed by atoms with Gasteiger partial charge in [0.05, 0.1) is 25.0 Å². The van der Waals surface area contributed by atoms with E-state index < -0.39 is 0 Å². The number of hydrogen-bond acceptors (Lipinski definition) is 4. The van der Waals surface area contributed by atoms with Gasteiger partial charge in [-0.3, -0.25) is 4.79 Å². The van der Waals surface area contributed by atoms with Gasteiger partial charge in [-0.1, -0.05) is 72.8 Å². The summed E-state index contributed by atoms with van der Waals surface area (Å²) >= 11 is 0. The fourth-order valence-corrected chi connectivity index (χ4v) is 3.18. The van der Waals surface area contributed by atoms with Crippen LogP contribution in [0.25, 0.3) is 11.1 Å². The second-order valence-electron chi connectivity index (χ2n) is 6.79. The number of hydrogen-bond donors (Lipinski definition) is 1. The standard InChI is InChI=1S/C24H22N4O2/c29-24(18-30-22-13-11-20(12-14-22)19-7-3-1-4-8-19)27-23(17-28-25-15-16-26-28)21-9-5-2-6-10-21/h1-16,23H,17-18H2,(H,27,29). The second kappa shape index (κ2) is 9.52. The van der Waals surface area contributed by atoms with Crippen molar-refractivity contribution in [2.75, 3.05) is 6.61 Å². The highest BCUT2D eigenvalue weighted by atomic mass is 16.5. The molecule has 1 atom stereocenters. The first-order valence-electron chi connectivity index (χ1n) is 9.74. The van der Waals surface area contributed by atoms with Crippen LogP contribution in [0.15, 0.2) is 97.3 Å². The molecular weight excluding hydrogens is 376 g/mol. The molecule has 0 spiro atoms. The molecule has 0 fully saturated rings. The smallest absolute Gasteiger partial charge is 0.258 e. The van der Waals surface area contributed by atoms with Crippen LogP contribution in [0, 0.1) is 0 Å². The molecule has 4 rings (SSSR count). The average molecular weight is 398 g/mol. The van der Waals surface area contributed by atoms with Crippen LogP contribution in [0.2, 0.25) is 0 Å². The Morgan fingerprint density at radius 3 is 2.10 bits per heavy atom. The Morgan fingerprint density at radius 2 is 1.43 bits per heavy atom. The number of carbonyl (C=O) groups is 1. The van der Waals surface area contributed by atoms with Gasteiger partial charge in [0.15, 0.2) is 6.61 Å². The first-order valence-corrected chi connectivity index (χ1v) is 9.74. The van der Waals surface area contributed by atoms with E-state index >= 15 is 0 Å². The molecule has 0 aliphatic rings. The summed E-state index contributed by atoms with van der Waals surface area (Å²) in [5.41, 5.74) is 3.22. The van der Waals surface area contributed by atoms with Crippen molar-refractivity contribution in [3.05, 3.63) is 103 Å². The number of carbonyl (C=O) groups excluding carboxylic acids is 1. The van der Waals surface area contributed by atoms with Crippen molar-refractivity contribution in [2.24, 2.45) is 0 Å². The maximum atomic E-state index is 12.5. The molecule has 30 heavy (non-hydrogen) atoms. The molecule has 4 aromatic rings. The van der Waals surface area contributed by atoms with Crippen LogP contribution < -0.4 is 10.1 Å². The summed E-state index contributed by atoms with van der Waals surface area (Å²) in [5.74, 6) is 0.443. The fraction of sp³-hybridized carbons (Fsp3) is 0.125. The molecule has 3 aromatic carbocycles. The molecule has 6 heteroatoms. The molecular formula is C24H22N4O2. The van der Waals surface area contributed by atoms with Crippen molar-refractivity contribution in [3.63, 3.8) is 0 Å². The van der Waals surface area contributed by atoms with Gasteiger partial charge in [0, 0.05) is 0 Å². The number of ether oxygens (including phenoxy) is 1. The number of benzene rings is 3. The van der Waals surface area contributed by atoms with Crippen LogP contribution in [0.1, 0.15) is 11.6 Å². The third-order valence-corrected chi connectivity index (χ3v) is 4.68. The zero-order valence-electron chi connectivity index (χ0n) is 16.4. The molecule has 1 unspecified atom stereocenters. The quantitative estimate of drug-likeness (QED) is 0.489. The third-order valence-electron chi connectivity index (χ3n) is 4.68. The number of amides is 1. The molecule has 0 saturated heterocycles. The van der Waals surface area contributed by atoms with Gasteiger partial charge in [-0.15, -0.1) is 0 Å². The van der Waals surface area contributed by atoms with Crippen molar-refractivity contribution in [2.45, 2.75) is 12.6 Å². The molecule has 0 radical (unpaired) electrons. The number of nitrogens with one attached hydrogen (secondary N) is 1. The zero-order chi connectivity index (χ0) is 20.6. The highest BCUT2D eigenvalue weighted by Crippen LogP contribution is 2.22. The van der Waals surface area contributed by atoms with Crippen LogP contribution in [-0.2, 0) is 11.3 Å². The Hall–Kier alpha value is -3.93. The van der Waals surface area contributed by atoms with Crippen molar-refractivity contribution in [3.8, 4) is 16.9 Å². The average Bonchev–Trinajstić information content (AvgIpc) is 3.32. The van der Waals surface area contributed by atoms with E-state index in [1.807, 2.05) is 72.8 Å². The lowest BCUT2D eigenvalue weighted by atomic mass is 10.1. The molecule has 1 heterocycles. The van der Waals surface area contributed by atoms with E-state index in [0.29, 0.717) is 12.3 Å². The Bertz CT molecular complexity index is 1050. The summed E-state index contributed by atoms with van der Waals surface area (Å²) in [6.07, 6.45) is 3.23. The van der Waals surface area contributed by atoms with Gasteiger partial charge < -0.3 is 10.1 Å². The van der Waals surface area contributed by atoms with Gasteiger partial charge in [0.2, 0.25) is 0 Å². The highest BCUT2D eigenvalue weighted by molar-refractivity contribution is 5.78. The monoisotopic (exact) mass is 398 g/mol. The van der Waals surface area contributed by atoms with Gasteiger partial charge in [-0.05, 0) is 28.8 Å². The first kappa shape index (κ1) is 19.4. The summed E-state index contributed by atoms with van der Waals surface area (Å²) in [7, 11) is 0. The van der Waals surface area contributed by atoms with E-state index in [4.69, 9.17) is 4.74 Å². The van der Waals surface area contributed by atoms with Gasteiger partial charge in [0.1, 0.15) is 5.75 Å². The molecule has 1 amide bonds. The summed E-state index contributed by atoms with van der Waals surface area (Å²) in [6, 6.07) is 27.3. The summed E-state index contributed by atoms with van der Waals surface area (Å²) in [6.45, 7) is 0.370. The van der Waals surface area contributed by atoms with Crippen LogP contribution >= 0.6 is 0 Å². The molecule has 0 aliphatic heterocycles. The summed E-state index contributed by atoms with van der Waals surface area (Å²) in [4.78, 5) is 14.1. The normalized spacial score (nSPS) is 11.6. The Labute approximate surface area is 175 Å². The summed E-state index contributed by atoms with van der Waals surface area (Å²) in [5, 5.41) is 11.3. The molecule has 0 bridgehead atoms. The van der Waals surface area contributed by atoms with E-state index in [-0.39, 0.29) is 18.6 Å². The lowest BCUT2D eigenvalue weighted by Gasteiger charge is -2.19. The zero-order valence-corrected chi connectivity index (χ0v) is 16.4. The minimum absolute atomic E-state index is 0.0689. The minimum atomic E-state index is -0.254. The predicted octanol–water partition coefficient (Wildman–Crippen LogP) is 3.88. The summed E-state index contributed by atoms with van der Waals surface area (Å²) < 4.78 is 5.68. The first-order chi connectivity index (χ1) is 14.8. The van der Waals surface area contributed by atoms with Crippen molar-refractivity contribution in [1.82, 2.24) is 20.3 Å². The molecule has 1 aromatic heterocycles. The van der Waals surface area contributed by atoms with Gasteiger partial charge >= 0.3 is 0 Å². The van der Waals surface area contributed by atoms with E-state index in [2.05, 4.69) is 27.6 Å². The molecule has 150 valence electrons. The minimum Gasteiger partial charge on any atom is -0.484 e. The molecule has 0 saturated carbocycles. The number of aromatic nitrogens is 3.